The first-order chi connectivity index (χ1) is 9.89. The van der Waals surface area contributed by atoms with E-state index >= 15 is 0 Å². The largest absolute Gasteiger partial charge is 0.389 e. The third-order valence-electron chi connectivity index (χ3n) is 4.31. The molecule has 1 fully saturated rings. The number of nitrogens with one attached hydrogen (secondary N) is 1. The van der Waals surface area contributed by atoms with Crippen molar-refractivity contribution in [3.05, 3.63) is 33.8 Å². The quantitative estimate of drug-likeness (QED) is 0.773. The minimum Gasteiger partial charge on any atom is -0.389 e. The van der Waals surface area contributed by atoms with Crippen molar-refractivity contribution < 1.29 is 10.2 Å². The molecule has 0 bridgehead atoms. The van der Waals surface area contributed by atoms with E-state index in [1.807, 2.05) is 0 Å². The molecule has 3 N–H and O–H groups in total. The molecule has 3 nitrogen and oxygen atoms in total. The molecule has 21 heavy (non-hydrogen) atoms. The maximum absolute atomic E-state index is 10.5. The molecule has 0 heterocycles. The second-order valence-electron chi connectivity index (χ2n) is 6.22. The molecule has 1 aliphatic carbocycles. The fraction of sp³-hybridized carbons (Fsp3) is 0.625. The van der Waals surface area contributed by atoms with E-state index in [9.17, 15) is 10.2 Å². The van der Waals surface area contributed by atoms with Crippen molar-refractivity contribution in [2.45, 2.75) is 44.3 Å². The molecular weight excluding hydrogens is 309 g/mol. The highest BCUT2D eigenvalue weighted by Crippen LogP contribution is 2.31. The normalized spacial score (nSPS) is 27.6. The zero-order valence-electron chi connectivity index (χ0n) is 12.3. The van der Waals surface area contributed by atoms with Crippen molar-refractivity contribution in [3.63, 3.8) is 0 Å². The zero-order valence-corrected chi connectivity index (χ0v) is 13.8. The lowest BCUT2D eigenvalue weighted by molar-refractivity contribution is -0.00803. The Morgan fingerprint density at radius 3 is 2.67 bits per heavy atom. The Kier molecular flexibility index (Phi) is 5.92. The van der Waals surface area contributed by atoms with Gasteiger partial charge in [0, 0.05) is 28.7 Å². The molecule has 0 aliphatic heterocycles. The molecule has 1 saturated carbocycles. The van der Waals surface area contributed by atoms with Crippen LogP contribution in [0.4, 0.5) is 0 Å². The predicted molar refractivity (Wildman–Crippen MR) is 86.9 cm³/mol. The summed E-state index contributed by atoms with van der Waals surface area (Å²) in [6, 6.07) is 5.05. The monoisotopic (exact) mass is 331 g/mol. The molecule has 5 heteroatoms. The van der Waals surface area contributed by atoms with Gasteiger partial charge in [0.25, 0.3) is 0 Å². The minimum atomic E-state index is -0.734. The number of hydrogen-bond acceptors (Lipinski definition) is 3. The third kappa shape index (κ3) is 4.83. The Hall–Kier alpha value is -0.320. The van der Waals surface area contributed by atoms with Crippen LogP contribution < -0.4 is 5.32 Å². The molecule has 1 aromatic carbocycles. The lowest BCUT2D eigenvalue weighted by Gasteiger charge is -2.35. The zero-order chi connectivity index (χ0) is 15.5. The van der Waals surface area contributed by atoms with Gasteiger partial charge >= 0.3 is 0 Å². The van der Waals surface area contributed by atoms with Crippen molar-refractivity contribution in [3.8, 4) is 0 Å². The van der Waals surface area contributed by atoms with E-state index in [2.05, 4.69) is 12.2 Å². The lowest BCUT2D eigenvalue weighted by atomic mass is 9.79. The van der Waals surface area contributed by atoms with E-state index in [0.717, 1.165) is 25.7 Å². The fourth-order valence-electron chi connectivity index (χ4n) is 2.80. The highest BCUT2D eigenvalue weighted by molar-refractivity contribution is 6.33. The highest BCUT2D eigenvalue weighted by Gasteiger charge is 2.31. The number of benzene rings is 1. The van der Waals surface area contributed by atoms with E-state index < -0.39 is 11.7 Å². The summed E-state index contributed by atoms with van der Waals surface area (Å²) in [6.45, 7) is 3.06. The van der Waals surface area contributed by atoms with Gasteiger partial charge in [0.2, 0.25) is 0 Å². The Balaban J connectivity index is 1.84. The van der Waals surface area contributed by atoms with Crippen LogP contribution in [-0.2, 0) is 0 Å². The second-order valence-corrected chi connectivity index (χ2v) is 7.06. The summed E-state index contributed by atoms with van der Waals surface area (Å²) in [5.41, 5.74) is -0.0365. The maximum atomic E-state index is 10.5. The van der Waals surface area contributed by atoms with Gasteiger partial charge in [-0.2, -0.15) is 0 Å². The van der Waals surface area contributed by atoms with Gasteiger partial charge in [0.1, 0.15) is 0 Å². The average molecular weight is 332 g/mol. The van der Waals surface area contributed by atoms with Gasteiger partial charge in [-0.25, -0.2) is 0 Å². The SMILES string of the molecule is CC1CCC(O)(CNCC(O)c2cc(Cl)ccc2Cl)CC1. The minimum absolute atomic E-state index is 0.345. The first-order valence-corrected chi connectivity index (χ1v) is 8.21. The molecule has 0 spiro atoms. The molecule has 1 aromatic rings. The van der Waals surface area contributed by atoms with E-state index in [4.69, 9.17) is 23.2 Å². The first-order valence-electron chi connectivity index (χ1n) is 7.46. The van der Waals surface area contributed by atoms with Crippen LogP contribution in [0.3, 0.4) is 0 Å². The van der Waals surface area contributed by atoms with Crippen LogP contribution in [0, 0.1) is 5.92 Å². The standard InChI is InChI=1S/C16H23Cl2NO2/c1-11-4-6-16(21,7-5-11)10-19-9-15(20)13-8-12(17)2-3-14(13)18/h2-3,8,11,15,19-21H,4-7,9-10H2,1H3. The van der Waals surface area contributed by atoms with Crippen LogP contribution in [0.25, 0.3) is 0 Å². The van der Waals surface area contributed by atoms with E-state index in [1.54, 1.807) is 18.2 Å². The highest BCUT2D eigenvalue weighted by atomic mass is 35.5. The molecule has 1 unspecified atom stereocenters. The lowest BCUT2D eigenvalue weighted by Crippen LogP contribution is -2.44. The summed E-state index contributed by atoms with van der Waals surface area (Å²) in [4.78, 5) is 0. The van der Waals surface area contributed by atoms with E-state index in [0.29, 0.717) is 34.6 Å². The van der Waals surface area contributed by atoms with Gasteiger partial charge in [-0.1, -0.05) is 30.1 Å². The molecule has 0 radical (unpaired) electrons. The number of hydrogen-bond donors (Lipinski definition) is 3. The third-order valence-corrected chi connectivity index (χ3v) is 4.89. The van der Waals surface area contributed by atoms with Gasteiger partial charge in [-0.3, -0.25) is 0 Å². The summed E-state index contributed by atoms with van der Waals surface area (Å²) < 4.78 is 0. The molecular formula is C16H23Cl2NO2. The molecule has 0 saturated heterocycles. The van der Waals surface area contributed by atoms with Crippen LogP contribution in [-0.4, -0.2) is 28.9 Å². The fourth-order valence-corrected chi connectivity index (χ4v) is 3.22. The smallest absolute Gasteiger partial charge is 0.0929 e. The molecule has 2 rings (SSSR count). The molecule has 118 valence electrons. The van der Waals surface area contributed by atoms with Gasteiger partial charge < -0.3 is 15.5 Å². The maximum Gasteiger partial charge on any atom is 0.0929 e. The van der Waals surface area contributed by atoms with Crippen molar-refractivity contribution >= 4 is 23.2 Å². The van der Waals surface area contributed by atoms with Gasteiger partial charge in [-0.15, -0.1) is 0 Å². The van der Waals surface area contributed by atoms with E-state index in [1.165, 1.54) is 0 Å². The number of aliphatic hydroxyl groups is 2. The van der Waals surface area contributed by atoms with Crippen LogP contribution in [0.1, 0.15) is 44.3 Å². The second kappa shape index (κ2) is 7.30. The van der Waals surface area contributed by atoms with Gasteiger partial charge in [0.05, 0.1) is 11.7 Å². The summed E-state index contributed by atoms with van der Waals surface area (Å²) in [5.74, 6) is 0.695. The molecule has 1 aliphatic rings. The van der Waals surface area contributed by atoms with E-state index in [-0.39, 0.29) is 0 Å². The van der Waals surface area contributed by atoms with Crippen molar-refractivity contribution in [2.75, 3.05) is 13.1 Å². The number of rotatable bonds is 5. The number of halogens is 2. The van der Waals surface area contributed by atoms with Crippen molar-refractivity contribution in [1.29, 1.82) is 0 Å². The average Bonchev–Trinajstić information content (AvgIpc) is 2.45. The molecule has 0 amide bonds. The van der Waals surface area contributed by atoms with Crippen LogP contribution >= 0.6 is 23.2 Å². The summed E-state index contributed by atoms with van der Waals surface area (Å²) in [7, 11) is 0. The van der Waals surface area contributed by atoms with Crippen LogP contribution in [0.15, 0.2) is 18.2 Å². The van der Waals surface area contributed by atoms with Crippen LogP contribution in [0.2, 0.25) is 10.0 Å². The Labute approximate surface area is 136 Å². The summed E-state index contributed by atoms with van der Waals surface area (Å²) in [5, 5.41) is 24.9. The summed E-state index contributed by atoms with van der Waals surface area (Å²) in [6.07, 6.45) is 3.01. The molecule has 0 aromatic heterocycles. The van der Waals surface area contributed by atoms with Crippen molar-refractivity contribution in [2.24, 2.45) is 5.92 Å². The number of aliphatic hydroxyl groups excluding tert-OH is 1. The van der Waals surface area contributed by atoms with Crippen molar-refractivity contribution in [1.82, 2.24) is 5.32 Å². The Bertz CT molecular complexity index is 473. The predicted octanol–water partition coefficient (Wildman–Crippen LogP) is 3.56. The first kappa shape index (κ1) is 17.0. The van der Waals surface area contributed by atoms with Gasteiger partial charge in [-0.05, 0) is 49.8 Å². The Morgan fingerprint density at radius 2 is 2.00 bits per heavy atom. The molecule has 1 atom stereocenters. The Morgan fingerprint density at radius 1 is 1.33 bits per heavy atom. The van der Waals surface area contributed by atoms with Gasteiger partial charge in [0.15, 0.2) is 0 Å². The topological polar surface area (TPSA) is 52.5 Å². The van der Waals surface area contributed by atoms with Crippen LogP contribution in [0.5, 0.6) is 0 Å². The summed E-state index contributed by atoms with van der Waals surface area (Å²) >= 11 is 12.0.